The summed E-state index contributed by atoms with van der Waals surface area (Å²) in [6.07, 6.45) is 1.20. The first kappa shape index (κ1) is 21.1. The Bertz CT molecular complexity index is 870. The molecular weight excluding hydrogens is 364 g/mol. The van der Waals surface area contributed by atoms with Gasteiger partial charge in [-0.3, -0.25) is 14.5 Å². The molecule has 0 aromatic heterocycles. The van der Waals surface area contributed by atoms with Crippen molar-refractivity contribution < 1.29 is 14.3 Å². The number of nitrogens with zero attached hydrogens (tertiary/aromatic N) is 2. The maximum absolute atomic E-state index is 12.6. The van der Waals surface area contributed by atoms with Gasteiger partial charge in [0.2, 0.25) is 5.91 Å². The van der Waals surface area contributed by atoms with Crippen LogP contribution >= 0.6 is 0 Å². The number of methoxy groups -OCH3 is 1. The number of piperazine rings is 1. The summed E-state index contributed by atoms with van der Waals surface area (Å²) >= 11 is 0. The second-order valence-corrected chi connectivity index (χ2v) is 7.75. The lowest BCUT2D eigenvalue weighted by atomic mass is 10.0. The van der Waals surface area contributed by atoms with Crippen LogP contribution in [0.5, 0.6) is 5.75 Å². The van der Waals surface area contributed by atoms with Crippen LogP contribution < -0.4 is 4.74 Å². The van der Waals surface area contributed by atoms with Crippen LogP contribution in [0.25, 0.3) is 0 Å². The fraction of sp³-hybridized carbons (Fsp3) is 0.417. The quantitative estimate of drug-likeness (QED) is 0.677. The van der Waals surface area contributed by atoms with Crippen molar-refractivity contribution in [2.75, 3.05) is 39.8 Å². The molecular formula is C24H30N2O3. The fourth-order valence-electron chi connectivity index (χ4n) is 3.81. The van der Waals surface area contributed by atoms with E-state index in [0.717, 1.165) is 35.5 Å². The van der Waals surface area contributed by atoms with Crippen LogP contribution in [-0.2, 0) is 11.2 Å². The van der Waals surface area contributed by atoms with Gasteiger partial charge in [0, 0.05) is 38.2 Å². The Hall–Kier alpha value is -2.66. The third kappa shape index (κ3) is 5.67. The van der Waals surface area contributed by atoms with Crippen molar-refractivity contribution in [1.82, 2.24) is 9.80 Å². The molecule has 1 fully saturated rings. The molecule has 29 heavy (non-hydrogen) atoms. The molecule has 154 valence electrons. The molecule has 2 aromatic carbocycles. The standard InChI is InChI=1S/C24H30N2O3/c1-18-7-9-22(19(2)15-18)23(27)17-25-11-13-26(14-12-25)24(28)10-8-20-5-4-6-21(16-20)29-3/h4-7,9,15-16H,8,10-14,17H2,1-3H3. The first-order valence-corrected chi connectivity index (χ1v) is 10.2. The van der Waals surface area contributed by atoms with Crippen LogP contribution in [-0.4, -0.2) is 61.3 Å². The molecule has 1 aliphatic rings. The molecule has 5 nitrogen and oxygen atoms in total. The number of amides is 1. The van der Waals surface area contributed by atoms with Crippen LogP contribution in [0.15, 0.2) is 42.5 Å². The molecule has 2 aromatic rings. The Balaban J connectivity index is 1.45. The van der Waals surface area contributed by atoms with Crippen LogP contribution in [0.2, 0.25) is 0 Å². The number of carbonyl (C=O) groups is 2. The molecule has 1 aliphatic heterocycles. The summed E-state index contributed by atoms with van der Waals surface area (Å²) in [5.41, 5.74) is 4.10. The predicted molar refractivity (Wildman–Crippen MR) is 115 cm³/mol. The minimum Gasteiger partial charge on any atom is -0.497 e. The van der Waals surface area contributed by atoms with Gasteiger partial charge in [0.1, 0.15) is 5.75 Å². The molecule has 0 aliphatic carbocycles. The maximum atomic E-state index is 12.6. The minimum absolute atomic E-state index is 0.153. The van der Waals surface area contributed by atoms with Gasteiger partial charge in [-0.15, -0.1) is 0 Å². The largest absolute Gasteiger partial charge is 0.497 e. The van der Waals surface area contributed by atoms with Crippen molar-refractivity contribution in [1.29, 1.82) is 0 Å². The molecule has 0 unspecified atom stereocenters. The van der Waals surface area contributed by atoms with Gasteiger partial charge < -0.3 is 9.64 Å². The fourth-order valence-corrected chi connectivity index (χ4v) is 3.81. The predicted octanol–water partition coefficient (Wildman–Crippen LogP) is 3.27. The zero-order valence-electron chi connectivity index (χ0n) is 17.6. The first-order valence-electron chi connectivity index (χ1n) is 10.2. The molecule has 3 rings (SSSR count). The van der Waals surface area contributed by atoms with E-state index >= 15 is 0 Å². The number of benzene rings is 2. The average molecular weight is 395 g/mol. The lowest BCUT2D eigenvalue weighted by Gasteiger charge is -2.34. The van der Waals surface area contributed by atoms with E-state index in [4.69, 9.17) is 4.74 Å². The molecule has 0 saturated carbocycles. The van der Waals surface area contributed by atoms with Crippen LogP contribution in [0.1, 0.15) is 33.5 Å². The molecule has 1 saturated heterocycles. The summed E-state index contributed by atoms with van der Waals surface area (Å²) in [5.74, 6) is 1.14. The third-order valence-corrected chi connectivity index (χ3v) is 5.54. The molecule has 0 radical (unpaired) electrons. The number of rotatable bonds is 7. The summed E-state index contributed by atoms with van der Waals surface area (Å²) in [7, 11) is 1.65. The molecule has 0 spiro atoms. The van der Waals surface area contributed by atoms with Crippen molar-refractivity contribution in [3.8, 4) is 5.75 Å². The monoisotopic (exact) mass is 394 g/mol. The van der Waals surface area contributed by atoms with Crippen molar-refractivity contribution >= 4 is 11.7 Å². The van der Waals surface area contributed by atoms with Gasteiger partial charge in [0.25, 0.3) is 0 Å². The number of hydrogen-bond acceptors (Lipinski definition) is 4. The Kier molecular flexibility index (Phi) is 7.04. The SMILES string of the molecule is COc1cccc(CCC(=O)N2CCN(CC(=O)c3ccc(C)cc3C)CC2)c1. The van der Waals surface area contributed by atoms with Crippen LogP contribution in [0, 0.1) is 13.8 Å². The Morgan fingerprint density at radius 3 is 2.45 bits per heavy atom. The molecule has 5 heteroatoms. The van der Waals surface area contributed by atoms with Gasteiger partial charge in [0.05, 0.1) is 13.7 Å². The van der Waals surface area contributed by atoms with Crippen LogP contribution in [0.4, 0.5) is 0 Å². The van der Waals surface area contributed by atoms with E-state index in [0.29, 0.717) is 32.5 Å². The Labute approximate surface area is 173 Å². The zero-order valence-corrected chi connectivity index (χ0v) is 17.6. The summed E-state index contributed by atoms with van der Waals surface area (Å²) in [4.78, 5) is 29.3. The minimum atomic E-state index is 0.153. The molecule has 0 bridgehead atoms. The van der Waals surface area contributed by atoms with Gasteiger partial charge >= 0.3 is 0 Å². The van der Waals surface area contributed by atoms with Crippen LogP contribution in [0.3, 0.4) is 0 Å². The van der Waals surface area contributed by atoms with Crippen molar-refractivity contribution in [2.45, 2.75) is 26.7 Å². The van der Waals surface area contributed by atoms with Crippen molar-refractivity contribution in [2.24, 2.45) is 0 Å². The van der Waals surface area contributed by atoms with Crippen molar-refractivity contribution in [3.05, 3.63) is 64.7 Å². The lowest BCUT2D eigenvalue weighted by molar-refractivity contribution is -0.132. The van der Waals surface area contributed by atoms with E-state index in [1.165, 1.54) is 5.56 Å². The van der Waals surface area contributed by atoms with E-state index in [9.17, 15) is 9.59 Å². The normalized spacial score (nSPS) is 14.7. The zero-order chi connectivity index (χ0) is 20.8. The Morgan fingerprint density at radius 2 is 1.76 bits per heavy atom. The number of hydrogen-bond donors (Lipinski definition) is 0. The molecule has 1 heterocycles. The Morgan fingerprint density at radius 1 is 1.00 bits per heavy atom. The van der Waals surface area contributed by atoms with Gasteiger partial charge in [0.15, 0.2) is 5.78 Å². The van der Waals surface area contributed by atoms with E-state index in [-0.39, 0.29) is 11.7 Å². The summed E-state index contributed by atoms with van der Waals surface area (Å²) < 4.78 is 5.24. The third-order valence-electron chi connectivity index (χ3n) is 5.54. The smallest absolute Gasteiger partial charge is 0.222 e. The summed E-state index contributed by atoms with van der Waals surface area (Å²) in [6, 6.07) is 13.8. The highest BCUT2D eigenvalue weighted by molar-refractivity contribution is 5.99. The van der Waals surface area contributed by atoms with E-state index in [1.807, 2.05) is 61.2 Å². The van der Waals surface area contributed by atoms with Gasteiger partial charge in [-0.05, 0) is 43.5 Å². The molecule has 0 N–H and O–H groups in total. The second kappa shape index (κ2) is 9.70. The lowest BCUT2D eigenvalue weighted by Crippen LogP contribution is -2.50. The topological polar surface area (TPSA) is 49.9 Å². The van der Waals surface area contributed by atoms with E-state index in [1.54, 1.807) is 7.11 Å². The number of ketones is 1. The summed E-state index contributed by atoms with van der Waals surface area (Å²) in [6.45, 7) is 7.26. The highest BCUT2D eigenvalue weighted by Gasteiger charge is 2.23. The maximum Gasteiger partial charge on any atom is 0.222 e. The highest BCUT2D eigenvalue weighted by atomic mass is 16.5. The van der Waals surface area contributed by atoms with E-state index in [2.05, 4.69) is 4.90 Å². The van der Waals surface area contributed by atoms with Gasteiger partial charge in [-0.1, -0.05) is 35.9 Å². The average Bonchev–Trinajstić information content (AvgIpc) is 2.72. The van der Waals surface area contributed by atoms with Gasteiger partial charge in [-0.25, -0.2) is 0 Å². The molecule has 1 amide bonds. The summed E-state index contributed by atoms with van der Waals surface area (Å²) in [5, 5.41) is 0. The highest BCUT2D eigenvalue weighted by Crippen LogP contribution is 2.16. The van der Waals surface area contributed by atoms with Gasteiger partial charge in [-0.2, -0.15) is 0 Å². The second-order valence-electron chi connectivity index (χ2n) is 7.75. The number of ether oxygens (including phenoxy) is 1. The molecule has 0 atom stereocenters. The number of Topliss-reactive ketones (excluding diaryl/α,β-unsaturated/α-hetero) is 1. The number of aryl methyl sites for hydroxylation is 3. The first-order chi connectivity index (χ1) is 14.0. The van der Waals surface area contributed by atoms with Crippen molar-refractivity contribution in [3.63, 3.8) is 0 Å². The van der Waals surface area contributed by atoms with E-state index < -0.39 is 0 Å². The number of carbonyl (C=O) groups excluding carboxylic acids is 2.